The molecule has 2 N–H and O–H groups in total. The van der Waals surface area contributed by atoms with Gasteiger partial charge in [0.2, 0.25) is 5.91 Å². The molecule has 1 heterocycles. The summed E-state index contributed by atoms with van der Waals surface area (Å²) in [5.74, 6) is -0.303. The van der Waals surface area contributed by atoms with E-state index in [2.05, 4.69) is 20.5 Å². The molecular weight excluding hydrogens is 372 g/mol. The second-order valence-electron chi connectivity index (χ2n) is 6.25. The summed E-state index contributed by atoms with van der Waals surface area (Å²) in [4.78, 5) is 30.7. The van der Waals surface area contributed by atoms with Crippen molar-refractivity contribution in [3.8, 4) is 0 Å². The third-order valence-electron chi connectivity index (χ3n) is 4.12. The number of nitrogens with one attached hydrogen (secondary N) is 2. The molecule has 0 spiro atoms. The Labute approximate surface area is 168 Å². The highest BCUT2D eigenvalue weighted by Gasteiger charge is 2.11. The third kappa shape index (κ3) is 5.65. The van der Waals surface area contributed by atoms with Crippen LogP contribution in [0.4, 0.5) is 10.8 Å². The summed E-state index contributed by atoms with van der Waals surface area (Å²) in [5.41, 5.74) is 2.32. The lowest BCUT2D eigenvalue weighted by molar-refractivity contribution is -0.120. The first-order valence-electron chi connectivity index (χ1n) is 8.95. The summed E-state index contributed by atoms with van der Waals surface area (Å²) < 4.78 is 0. The zero-order chi connectivity index (χ0) is 19.8. The van der Waals surface area contributed by atoms with E-state index >= 15 is 0 Å². The van der Waals surface area contributed by atoms with E-state index in [0.29, 0.717) is 29.5 Å². The average molecular weight is 395 g/mol. The van der Waals surface area contributed by atoms with Crippen LogP contribution in [0.5, 0.6) is 0 Å². The van der Waals surface area contributed by atoms with Crippen LogP contribution in [0.15, 0.2) is 66.0 Å². The van der Waals surface area contributed by atoms with Crippen LogP contribution in [0.3, 0.4) is 0 Å². The molecule has 0 aliphatic carbocycles. The lowest BCUT2D eigenvalue weighted by atomic mass is 10.2. The molecule has 0 aliphatic heterocycles. The van der Waals surface area contributed by atoms with Gasteiger partial charge in [-0.3, -0.25) is 14.9 Å². The Bertz CT molecular complexity index is 912. The van der Waals surface area contributed by atoms with Gasteiger partial charge < -0.3 is 10.2 Å². The number of rotatable bonds is 8. The van der Waals surface area contributed by atoms with Crippen LogP contribution in [0, 0.1) is 0 Å². The van der Waals surface area contributed by atoms with Crippen LogP contribution in [0.1, 0.15) is 16.1 Å². The molecule has 0 unspecified atom stereocenters. The van der Waals surface area contributed by atoms with Crippen LogP contribution in [0.25, 0.3) is 0 Å². The number of hydrogen-bond donors (Lipinski definition) is 2. The van der Waals surface area contributed by atoms with Gasteiger partial charge in [0, 0.05) is 36.8 Å². The Balaban J connectivity index is 1.43. The Hall–Kier alpha value is -3.19. The highest BCUT2D eigenvalue weighted by atomic mass is 32.1. The molecule has 1 aromatic heterocycles. The first-order chi connectivity index (χ1) is 13.6. The van der Waals surface area contributed by atoms with E-state index in [0.717, 1.165) is 5.69 Å². The molecule has 0 fully saturated rings. The molecule has 0 saturated heterocycles. The number of anilines is 2. The van der Waals surface area contributed by atoms with E-state index in [9.17, 15) is 9.59 Å². The number of amides is 2. The summed E-state index contributed by atoms with van der Waals surface area (Å²) in [6.07, 6.45) is 0.187. The first kappa shape index (κ1) is 19.6. The van der Waals surface area contributed by atoms with E-state index in [-0.39, 0.29) is 18.2 Å². The van der Waals surface area contributed by atoms with E-state index in [1.54, 1.807) is 17.5 Å². The normalized spacial score (nSPS) is 10.3. The number of aromatic nitrogens is 1. The van der Waals surface area contributed by atoms with Gasteiger partial charge in [0.1, 0.15) is 0 Å². The molecule has 0 bridgehead atoms. The maximum atomic E-state index is 12.1. The molecular formula is C21H22N4O2S. The monoisotopic (exact) mass is 394 g/mol. The van der Waals surface area contributed by atoms with Gasteiger partial charge in [0.25, 0.3) is 5.91 Å². The third-order valence-corrected chi connectivity index (χ3v) is 4.92. The topological polar surface area (TPSA) is 74.3 Å². The summed E-state index contributed by atoms with van der Waals surface area (Å²) >= 11 is 1.31. The second-order valence-corrected chi connectivity index (χ2v) is 7.11. The summed E-state index contributed by atoms with van der Waals surface area (Å²) in [5, 5.41) is 7.94. The lowest BCUT2D eigenvalue weighted by Gasteiger charge is -2.19. The van der Waals surface area contributed by atoms with Gasteiger partial charge in [0.15, 0.2) is 5.13 Å². The molecule has 7 heteroatoms. The molecule has 3 rings (SSSR count). The summed E-state index contributed by atoms with van der Waals surface area (Å²) in [6.45, 7) is 1.26. The van der Waals surface area contributed by atoms with Crippen LogP contribution in [-0.4, -0.2) is 36.9 Å². The zero-order valence-corrected chi connectivity index (χ0v) is 16.4. The number of benzene rings is 2. The van der Waals surface area contributed by atoms with E-state index < -0.39 is 0 Å². The Morgan fingerprint density at radius 1 is 1.04 bits per heavy atom. The SMILES string of the molecule is CN(CCNC(=O)Cc1csc(NC(=O)c2ccccc2)n1)c1ccccc1. The van der Waals surface area contributed by atoms with Gasteiger partial charge in [-0.05, 0) is 24.3 Å². The minimum Gasteiger partial charge on any atom is -0.373 e. The highest BCUT2D eigenvalue weighted by Crippen LogP contribution is 2.17. The number of thiazole rings is 1. The smallest absolute Gasteiger partial charge is 0.257 e. The van der Waals surface area contributed by atoms with Gasteiger partial charge in [-0.1, -0.05) is 36.4 Å². The molecule has 0 atom stereocenters. The number of nitrogens with zero attached hydrogens (tertiary/aromatic N) is 2. The van der Waals surface area contributed by atoms with Crippen molar-refractivity contribution in [2.45, 2.75) is 6.42 Å². The van der Waals surface area contributed by atoms with Crippen molar-refractivity contribution in [2.24, 2.45) is 0 Å². The molecule has 3 aromatic rings. The maximum absolute atomic E-state index is 12.1. The molecule has 2 aromatic carbocycles. The van der Waals surface area contributed by atoms with Crippen molar-refractivity contribution < 1.29 is 9.59 Å². The van der Waals surface area contributed by atoms with Crippen LogP contribution < -0.4 is 15.5 Å². The van der Waals surface area contributed by atoms with Crippen molar-refractivity contribution in [1.82, 2.24) is 10.3 Å². The second kappa shape index (κ2) is 9.66. The van der Waals surface area contributed by atoms with Crippen LogP contribution in [0.2, 0.25) is 0 Å². The number of carbonyl (C=O) groups excluding carboxylic acids is 2. The highest BCUT2D eigenvalue weighted by molar-refractivity contribution is 7.14. The number of likely N-dealkylation sites (N-methyl/N-ethyl adjacent to an activating group) is 1. The molecule has 0 saturated carbocycles. The molecule has 144 valence electrons. The fourth-order valence-electron chi connectivity index (χ4n) is 2.61. The van der Waals surface area contributed by atoms with Crippen molar-refractivity contribution in [3.63, 3.8) is 0 Å². The van der Waals surface area contributed by atoms with Crippen molar-refractivity contribution >= 4 is 34.0 Å². The molecule has 6 nitrogen and oxygen atoms in total. The Kier molecular flexibility index (Phi) is 6.75. The summed E-state index contributed by atoms with van der Waals surface area (Å²) in [7, 11) is 1.99. The predicted octanol–water partition coefficient (Wildman–Crippen LogP) is 3.19. The molecule has 0 aliphatic rings. The van der Waals surface area contributed by atoms with E-state index in [4.69, 9.17) is 0 Å². The fraction of sp³-hybridized carbons (Fsp3) is 0.190. The van der Waals surface area contributed by atoms with E-state index in [1.807, 2.05) is 55.6 Å². The van der Waals surface area contributed by atoms with Gasteiger partial charge in [-0.25, -0.2) is 4.98 Å². The molecule has 0 radical (unpaired) electrons. The molecule has 28 heavy (non-hydrogen) atoms. The van der Waals surface area contributed by atoms with Crippen LogP contribution in [-0.2, 0) is 11.2 Å². The Morgan fingerprint density at radius 2 is 1.71 bits per heavy atom. The van der Waals surface area contributed by atoms with Crippen molar-refractivity contribution in [2.75, 3.05) is 30.4 Å². The lowest BCUT2D eigenvalue weighted by Crippen LogP contribution is -2.33. The average Bonchev–Trinajstić information content (AvgIpc) is 3.15. The zero-order valence-electron chi connectivity index (χ0n) is 15.6. The van der Waals surface area contributed by atoms with Gasteiger partial charge in [0.05, 0.1) is 12.1 Å². The van der Waals surface area contributed by atoms with Crippen molar-refractivity contribution in [3.05, 3.63) is 77.3 Å². The number of para-hydroxylation sites is 1. The van der Waals surface area contributed by atoms with Gasteiger partial charge in [-0.15, -0.1) is 11.3 Å². The minimum absolute atomic E-state index is 0.0901. The van der Waals surface area contributed by atoms with Crippen LogP contribution >= 0.6 is 11.3 Å². The first-order valence-corrected chi connectivity index (χ1v) is 9.83. The van der Waals surface area contributed by atoms with Crippen molar-refractivity contribution in [1.29, 1.82) is 0 Å². The predicted molar refractivity (Wildman–Crippen MR) is 113 cm³/mol. The molecule has 2 amide bonds. The number of hydrogen-bond acceptors (Lipinski definition) is 5. The number of carbonyl (C=O) groups is 2. The summed E-state index contributed by atoms with van der Waals surface area (Å²) in [6, 6.07) is 19.0. The maximum Gasteiger partial charge on any atom is 0.257 e. The standard InChI is InChI=1S/C21H22N4O2S/c1-25(18-10-6-3-7-11-18)13-12-22-19(26)14-17-15-28-21(23-17)24-20(27)16-8-4-2-5-9-16/h2-11,15H,12-14H2,1H3,(H,22,26)(H,23,24,27). The fourth-order valence-corrected chi connectivity index (χ4v) is 3.31. The quantitative estimate of drug-likeness (QED) is 0.615. The minimum atomic E-state index is -0.213. The Morgan fingerprint density at radius 3 is 2.43 bits per heavy atom. The van der Waals surface area contributed by atoms with E-state index in [1.165, 1.54) is 11.3 Å². The largest absolute Gasteiger partial charge is 0.373 e. The van der Waals surface area contributed by atoms with Gasteiger partial charge >= 0.3 is 0 Å². The van der Waals surface area contributed by atoms with Gasteiger partial charge in [-0.2, -0.15) is 0 Å².